The van der Waals surface area contributed by atoms with E-state index in [0.717, 1.165) is 12.3 Å². The van der Waals surface area contributed by atoms with Crippen LogP contribution in [0.4, 0.5) is 13.2 Å². The predicted molar refractivity (Wildman–Crippen MR) is 55.2 cm³/mol. The Kier molecular flexibility index (Phi) is 4.07. The molecule has 1 heterocycles. The van der Waals surface area contributed by atoms with E-state index < -0.39 is 27.7 Å². The first-order valence-corrected chi connectivity index (χ1v) is 5.73. The summed E-state index contributed by atoms with van der Waals surface area (Å²) in [5, 5.41) is 7.58. The summed E-state index contributed by atoms with van der Waals surface area (Å²) in [5.41, 5.74) is -0.668. The molecule has 0 N–H and O–H groups in total. The third kappa shape index (κ3) is 3.42. The Hall–Kier alpha value is -1.62. The minimum atomic E-state index is -4.50. The lowest BCUT2D eigenvalue weighted by atomic mass is 10.2. The normalized spacial score (nSPS) is 15.2. The second-order valence-electron chi connectivity index (χ2n) is 3.15. The number of halogens is 3. The lowest BCUT2D eigenvalue weighted by molar-refractivity contribution is -0.141. The predicted octanol–water partition coefficient (Wildman–Crippen LogP) is 2.31. The Morgan fingerprint density at radius 3 is 2.59 bits per heavy atom. The highest BCUT2D eigenvalue weighted by atomic mass is 32.2. The molecular weight excluding hydrogens is 255 g/mol. The third-order valence-electron chi connectivity index (χ3n) is 2.03. The van der Waals surface area contributed by atoms with E-state index in [1.54, 1.807) is 0 Å². The van der Waals surface area contributed by atoms with Crippen LogP contribution >= 0.6 is 0 Å². The molecule has 0 fully saturated rings. The summed E-state index contributed by atoms with van der Waals surface area (Å²) in [7, 11) is -2.16. The van der Waals surface area contributed by atoms with Gasteiger partial charge in [0, 0.05) is 6.20 Å². The molecule has 1 aromatic heterocycles. The summed E-state index contributed by atoms with van der Waals surface area (Å²) in [5.74, 6) is 0. The monoisotopic (exact) mass is 263 g/mol. The minimum Gasteiger partial charge on any atom is -0.251 e. The van der Waals surface area contributed by atoms with Gasteiger partial charge < -0.3 is 0 Å². The Labute approximate surface area is 97.3 Å². The van der Waals surface area contributed by atoms with Crippen LogP contribution in [0.2, 0.25) is 0 Å². The van der Waals surface area contributed by atoms with Gasteiger partial charge in [-0.2, -0.15) is 18.4 Å². The van der Waals surface area contributed by atoms with Gasteiger partial charge in [0.15, 0.2) is 0 Å². The van der Waals surface area contributed by atoms with E-state index in [-0.39, 0.29) is 0 Å². The second kappa shape index (κ2) is 5.14. The minimum absolute atomic E-state index is 0.345. The molecule has 8 heteroatoms. The summed E-state index contributed by atoms with van der Waals surface area (Å²) in [6.45, 7) is 1.50. The second-order valence-corrected chi connectivity index (χ2v) is 4.73. The maximum absolute atomic E-state index is 12.2. The van der Waals surface area contributed by atoms with E-state index in [2.05, 4.69) is 9.35 Å². The number of hydrogen-bond donors (Lipinski definition) is 1. The van der Waals surface area contributed by atoms with Crippen molar-refractivity contribution in [3.63, 3.8) is 0 Å². The van der Waals surface area contributed by atoms with Gasteiger partial charge in [0.1, 0.15) is 5.69 Å². The fourth-order valence-corrected chi connectivity index (χ4v) is 1.75. The molecule has 0 aliphatic heterocycles. The van der Waals surface area contributed by atoms with Crippen molar-refractivity contribution in [1.29, 1.82) is 5.26 Å². The van der Waals surface area contributed by atoms with Crippen molar-refractivity contribution < 1.29 is 17.4 Å². The lowest BCUT2D eigenvalue weighted by Crippen LogP contribution is -2.08. The summed E-state index contributed by atoms with van der Waals surface area (Å²) in [6.07, 6.45) is -2.11. The largest absolute Gasteiger partial charge is 0.433 e. The van der Waals surface area contributed by atoms with Crippen molar-refractivity contribution in [2.24, 2.45) is 4.36 Å². The van der Waals surface area contributed by atoms with Gasteiger partial charge in [-0.15, -0.1) is 4.36 Å². The zero-order valence-corrected chi connectivity index (χ0v) is 9.53. The SMILES string of the molecule is CC(c1ccc(C(F)(F)F)nc1)/[SH](=O)=N/C#N. The number of thiol groups is 1. The van der Waals surface area contributed by atoms with Gasteiger partial charge in [0.25, 0.3) is 0 Å². The molecule has 0 bridgehead atoms. The van der Waals surface area contributed by atoms with Crippen LogP contribution in [0.15, 0.2) is 22.7 Å². The summed E-state index contributed by atoms with van der Waals surface area (Å²) in [6, 6.07) is 1.99. The Morgan fingerprint density at radius 1 is 1.53 bits per heavy atom. The molecule has 0 aromatic carbocycles. The van der Waals surface area contributed by atoms with Crippen LogP contribution in [-0.2, 0) is 16.8 Å². The molecule has 0 saturated heterocycles. The molecule has 17 heavy (non-hydrogen) atoms. The van der Waals surface area contributed by atoms with E-state index >= 15 is 0 Å². The van der Waals surface area contributed by atoms with Crippen molar-refractivity contribution in [3.05, 3.63) is 29.6 Å². The number of pyridine rings is 1. The van der Waals surface area contributed by atoms with E-state index in [4.69, 9.17) is 5.26 Å². The molecule has 2 unspecified atom stereocenters. The number of rotatable bonds is 2. The van der Waals surface area contributed by atoms with Gasteiger partial charge in [0.2, 0.25) is 6.19 Å². The molecule has 0 aliphatic carbocycles. The molecule has 1 rings (SSSR count). The summed E-state index contributed by atoms with van der Waals surface area (Å²) in [4.78, 5) is 3.24. The quantitative estimate of drug-likeness (QED) is 0.657. The topological polar surface area (TPSA) is 66.1 Å². The van der Waals surface area contributed by atoms with E-state index in [9.17, 15) is 17.4 Å². The zero-order chi connectivity index (χ0) is 13.1. The molecule has 0 radical (unpaired) electrons. The van der Waals surface area contributed by atoms with Gasteiger partial charge in [-0.05, 0) is 18.6 Å². The fraction of sp³-hybridized carbons (Fsp3) is 0.333. The van der Waals surface area contributed by atoms with Crippen molar-refractivity contribution >= 4 is 10.6 Å². The molecule has 0 amide bonds. The van der Waals surface area contributed by atoms with Crippen LogP contribution in [0.1, 0.15) is 23.4 Å². The molecule has 0 spiro atoms. The van der Waals surface area contributed by atoms with E-state index in [1.807, 2.05) is 0 Å². The first-order chi connectivity index (χ1) is 7.86. The van der Waals surface area contributed by atoms with Crippen molar-refractivity contribution in [2.75, 3.05) is 0 Å². The molecule has 2 atom stereocenters. The van der Waals surface area contributed by atoms with Gasteiger partial charge in [-0.25, -0.2) is 0 Å². The first-order valence-electron chi connectivity index (χ1n) is 4.45. The Morgan fingerprint density at radius 2 is 2.18 bits per heavy atom. The van der Waals surface area contributed by atoms with Gasteiger partial charge in [0.05, 0.1) is 15.8 Å². The number of nitriles is 1. The Bertz CT molecular complexity index is 512. The number of nitrogens with zero attached hydrogens (tertiary/aromatic N) is 3. The summed E-state index contributed by atoms with van der Waals surface area (Å²) >= 11 is 0. The average molecular weight is 263 g/mol. The molecule has 1 aromatic rings. The van der Waals surface area contributed by atoms with Gasteiger partial charge in [-0.1, -0.05) is 6.07 Å². The van der Waals surface area contributed by atoms with E-state index in [1.165, 1.54) is 19.2 Å². The van der Waals surface area contributed by atoms with Crippen LogP contribution in [0.25, 0.3) is 0 Å². The van der Waals surface area contributed by atoms with Crippen LogP contribution in [0, 0.1) is 11.5 Å². The summed E-state index contributed by atoms with van der Waals surface area (Å²) < 4.78 is 51.1. The fourth-order valence-electron chi connectivity index (χ4n) is 1.08. The lowest BCUT2D eigenvalue weighted by Gasteiger charge is -2.08. The van der Waals surface area contributed by atoms with Gasteiger partial charge >= 0.3 is 6.18 Å². The van der Waals surface area contributed by atoms with Crippen molar-refractivity contribution in [1.82, 2.24) is 4.98 Å². The van der Waals surface area contributed by atoms with E-state index in [0.29, 0.717) is 5.56 Å². The maximum atomic E-state index is 12.2. The molecule has 0 aliphatic rings. The van der Waals surface area contributed by atoms with Crippen LogP contribution in [0.3, 0.4) is 0 Å². The molecule has 92 valence electrons. The third-order valence-corrected chi connectivity index (χ3v) is 3.28. The highest BCUT2D eigenvalue weighted by Crippen LogP contribution is 2.28. The highest BCUT2D eigenvalue weighted by Gasteiger charge is 2.32. The number of alkyl halides is 3. The van der Waals surface area contributed by atoms with Gasteiger partial charge in [-0.3, -0.25) is 9.19 Å². The standard InChI is InChI=1S/C9H8F3N3OS/c1-6(17(16)15-5-13)7-2-3-8(14-4-7)9(10,11)12/h2-4,6,17H,1H3. The molecule has 4 nitrogen and oxygen atoms in total. The van der Waals surface area contributed by atoms with Crippen LogP contribution in [0.5, 0.6) is 0 Å². The van der Waals surface area contributed by atoms with Crippen LogP contribution in [-0.4, -0.2) is 9.19 Å². The maximum Gasteiger partial charge on any atom is 0.433 e. The van der Waals surface area contributed by atoms with Crippen LogP contribution < -0.4 is 0 Å². The Balaban J connectivity index is 3.01. The first kappa shape index (κ1) is 13.4. The number of aromatic nitrogens is 1. The average Bonchev–Trinajstić information content (AvgIpc) is 2.27. The zero-order valence-electron chi connectivity index (χ0n) is 8.64. The molecular formula is C9H8F3N3OS. The smallest absolute Gasteiger partial charge is 0.251 e. The van der Waals surface area contributed by atoms with Crippen molar-refractivity contribution in [2.45, 2.75) is 18.3 Å². The van der Waals surface area contributed by atoms with Crippen molar-refractivity contribution in [3.8, 4) is 6.19 Å². The molecule has 0 saturated carbocycles. The highest BCUT2D eigenvalue weighted by molar-refractivity contribution is 7.75. The number of hydrogen-bond acceptors (Lipinski definition) is 4.